The molecular formula is C15H24N2O2. The summed E-state index contributed by atoms with van der Waals surface area (Å²) in [7, 11) is 5.56. The van der Waals surface area contributed by atoms with Gasteiger partial charge in [-0.25, -0.2) is 4.79 Å². The van der Waals surface area contributed by atoms with Crippen LogP contribution in [0.25, 0.3) is 0 Å². The molecule has 0 aliphatic heterocycles. The number of hydrogen-bond donors (Lipinski definition) is 0. The lowest BCUT2D eigenvalue weighted by atomic mass is 10.1. The number of methoxy groups -OCH3 is 1. The normalized spacial score (nSPS) is 11.1. The minimum absolute atomic E-state index is 0.286. The van der Waals surface area contributed by atoms with E-state index in [4.69, 9.17) is 0 Å². The number of hydrogen-bond acceptors (Lipinski definition) is 4. The van der Waals surface area contributed by atoms with Gasteiger partial charge in [-0.05, 0) is 38.3 Å². The van der Waals surface area contributed by atoms with Crippen molar-refractivity contribution in [1.82, 2.24) is 9.80 Å². The van der Waals surface area contributed by atoms with Crippen LogP contribution in [0.15, 0.2) is 24.3 Å². The molecule has 0 spiro atoms. The maximum atomic E-state index is 11.3. The third-order valence-corrected chi connectivity index (χ3v) is 3.09. The first kappa shape index (κ1) is 15.7. The number of carbonyl (C=O) groups excluding carboxylic acids is 1. The van der Waals surface area contributed by atoms with Crippen LogP contribution in [0.3, 0.4) is 0 Å². The maximum absolute atomic E-state index is 11.3. The monoisotopic (exact) mass is 264 g/mol. The summed E-state index contributed by atoms with van der Waals surface area (Å²) < 4.78 is 4.69. The Bertz CT molecular complexity index is 388. The van der Waals surface area contributed by atoms with Crippen LogP contribution in [0.5, 0.6) is 0 Å². The highest BCUT2D eigenvalue weighted by Crippen LogP contribution is 2.08. The number of nitrogens with zero attached hydrogens (tertiary/aromatic N) is 2. The van der Waals surface area contributed by atoms with Gasteiger partial charge in [0.25, 0.3) is 0 Å². The molecule has 0 aliphatic carbocycles. The molecule has 106 valence electrons. The Morgan fingerprint density at radius 1 is 1.16 bits per heavy atom. The molecule has 0 bridgehead atoms. The second-order valence-electron chi connectivity index (χ2n) is 4.86. The fourth-order valence-electron chi connectivity index (χ4n) is 1.81. The van der Waals surface area contributed by atoms with E-state index in [0.717, 1.165) is 26.2 Å². The summed E-state index contributed by atoms with van der Waals surface area (Å²) in [4.78, 5) is 15.9. The van der Waals surface area contributed by atoms with E-state index in [1.54, 1.807) is 0 Å². The zero-order valence-corrected chi connectivity index (χ0v) is 12.3. The standard InChI is InChI=1S/C15H24N2O2/c1-5-17(11-10-16(2)3)12-13-6-8-14(9-7-13)15(18)19-4/h6-9H,5,10-12H2,1-4H3. The fourth-order valence-corrected chi connectivity index (χ4v) is 1.81. The molecule has 0 saturated heterocycles. The van der Waals surface area contributed by atoms with Crippen LogP contribution >= 0.6 is 0 Å². The van der Waals surface area contributed by atoms with Gasteiger partial charge in [0.05, 0.1) is 12.7 Å². The smallest absolute Gasteiger partial charge is 0.337 e. The summed E-state index contributed by atoms with van der Waals surface area (Å²) >= 11 is 0. The molecule has 0 heterocycles. The molecule has 0 aromatic heterocycles. The molecule has 0 atom stereocenters. The Morgan fingerprint density at radius 3 is 2.26 bits per heavy atom. The van der Waals surface area contributed by atoms with E-state index in [0.29, 0.717) is 5.56 Å². The number of ether oxygens (including phenoxy) is 1. The van der Waals surface area contributed by atoms with Crippen LogP contribution in [0.2, 0.25) is 0 Å². The van der Waals surface area contributed by atoms with Crippen LogP contribution in [0, 0.1) is 0 Å². The molecule has 0 radical (unpaired) electrons. The summed E-state index contributed by atoms with van der Waals surface area (Å²) in [5, 5.41) is 0. The van der Waals surface area contributed by atoms with E-state index in [-0.39, 0.29) is 5.97 Å². The van der Waals surface area contributed by atoms with Crippen molar-refractivity contribution in [3.63, 3.8) is 0 Å². The molecule has 4 heteroatoms. The van der Waals surface area contributed by atoms with Crippen molar-refractivity contribution in [2.75, 3.05) is 40.8 Å². The third kappa shape index (κ3) is 5.41. The Hall–Kier alpha value is -1.39. The van der Waals surface area contributed by atoms with E-state index in [9.17, 15) is 4.79 Å². The molecule has 0 saturated carbocycles. The lowest BCUT2D eigenvalue weighted by Crippen LogP contribution is -2.31. The second kappa shape index (κ2) is 7.92. The quantitative estimate of drug-likeness (QED) is 0.704. The van der Waals surface area contributed by atoms with Gasteiger partial charge in [0, 0.05) is 19.6 Å². The van der Waals surface area contributed by atoms with Gasteiger partial charge in [0.2, 0.25) is 0 Å². The Morgan fingerprint density at radius 2 is 1.79 bits per heavy atom. The lowest BCUT2D eigenvalue weighted by molar-refractivity contribution is 0.0600. The van der Waals surface area contributed by atoms with Crippen LogP contribution < -0.4 is 0 Å². The van der Waals surface area contributed by atoms with Crippen molar-refractivity contribution >= 4 is 5.97 Å². The summed E-state index contributed by atoms with van der Waals surface area (Å²) in [6.07, 6.45) is 0. The van der Waals surface area contributed by atoms with E-state index in [1.807, 2.05) is 24.3 Å². The average Bonchev–Trinajstić information content (AvgIpc) is 2.43. The molecule has 0 amide bonds. The summed E-state index contributed by atoms with van der Waals surface area (Å²) in [5.74, 6) is -0.286. The summed E-state index contributed by atoms with van der Waals surface area (Å²) in [6.45, 7) is 6.19. The lowest BCUT2D eigenvalue weighted by Gasteiger charge is -2.22. The van der Waals surface area contributed by atoms with Gasteiger partial charge >= 0.3 is 5.97 Å². The van der Waals surface area contributed by atoms with Crippen LogP contribution in [0.1, 0.15) is 22.8 Å². The first-order valence-corrected chi connectivity index (χ1v) is 6.61. The first-order valence-electron chi connectivity index (χ1n) is 6.61. The van der Waals surface area contributed by atoms with Crippen LogP contribution in [0.4, 0.5) is 0 Å². The number of likely N-dealkylation sites (N-methyl/N-ethyl adjacent to an activating group) is 2. The predicted octanol–water partition coefficient (Wildman–Crippen LogP) is 1.86. The molecule has 4 nitrogen and oxygen atoms in total. The van der Waals surface area contributed by atoms with Gasteiger partial charge in [-0.1, -0.05) is 19.1 Å². The third-order valence-electron chi connectivity index (χ3n) is 3.09. The number of carbonyl (C=O) groups is 1. The van der Waals surface area contributed by atoms with Crippen LogP contribution in [-0.2, 0) is 11.3 Å². The van der Waals surface area contributed by atoms with Crippen molar-refractivity contribution in [2.45, 2.75) is 13.5 Å². The molecule has 1 aromatic rings. The van der Waals surface area contributed by atoms with Crippen molar-refractivity contribution in [3.8, 4) is 0 Å². The van der Waals surface area contributed by atoms with Gasteiger partial charge in [0.1, 0.15) is 0 Å². The molecule has 0 aliphatic rings. The minimum atomic E-state index is -0.286. The number of benzene rings is 1. The Balaban J connectivity index is 2.57. The topological polar surface area (TPSA) is 32.8 Å². The molecule has 0 N–H and O–H groups in total. The van der Waals surface area contributed by atoms with Gasteiger partial charge < -0.3 is 9.64 Å². The average molecular weight is 264 g/mol. The molecule has 0 unspecified atom stereocenters. The number of esters is 1. The molecular weight excluding hydrogens is 240 g/mol. The summed E-state index contributed by atoms with van der Waals surface area (Å²) in [5.41, 5.74) is 1.82. The Kier molecular flexibility index (Phi) is 6.53. The highest BCUT2D eigenvalue weighted by molar-refractivity contribution is 5.89. The summed E-state index contributed by atoms with van der Waals surface area (Å²) in [6, 6.07) is 7.62. The van der Waals surface area contributed by atoms with Crippen molar-refractivity contribution < 1.29 is 9.53 Å². The largest absolute Gasteiger partial charge is 0.465 e. The Labute approximate surface area is 116 Å². The maximum Gasteiger partial charge on any atom is 0.337 e. The van der Waals surface area contributed by atoms with Gasteiger partial charge in [-0.2, -0.15) is 0 Å². The van der Waals surface area contributed by atoms with E-state index in [1.165, 1.54) is 12.7 Å². The van der Waals surface area contributed by atoms with Gasteiger partial charge in [-0.15, -0.1) is 0 Å². The predicted molar refractivity (Wildman–Crippen MR) is 77.3 cm³/mol. The molecule has 19 heavy (non-hydrogen) atoms. The van der Waals surface area contributed by atoms with Gasteiger partial charge in [0.15, 0.2) is 0 Å². The molecule has 1 aromatic carbocycles. The molecule has 1 rings (SSSR count). The SMILES string of the molecule is CCN(CCN(C)C)Cc1ccc(C(=O)OC)cc1. The van der Waals surface area contributed by atoms with E-state index >= 15 is 0 Å². The van der Waals surface area contributed by atoms with Gasteiger partial charge in [-0.3, -0.25) is 4.90 Å². The van der Waals surface area contributed by atoms with Crippen molar-refractivity contribution in [1.29, 1.82) is 0 Å². The first-order chi connectivity index (χ1) is 9.06. The highest BCUT2D eigenvalue weighted by Gasteiger charge is 2.07. The van der Waals surface area contributed by atoms with E-state index in [2.05, 4.69) is 35.6 Å². The highest BCUT2D eigenvalue weighted by atomic mass is 16.5. The second-order valence-corrected chi connectivity index (χ2v) is 4.86. The minimum Gasteiger partial charge on any atom is -0.465 e. The van der Waals surface area contributed by atoms with Crippen LogP contribution in [-0.4, -0.2) is 56.6 Å². The zero-order chi connectivity index (χ0) is 14.3. The zero-order valence-electron chi connectivity index (χ0n) is 12.3. The molecule has 0 fully saturated rings. The van der Waals surface area contributed by atoms with Crippen molar-refractivity contribution in [2.24, 2.45) is 0 Å². The fraction of sp³-hybridized carbons (Fsp3) is 0.533. The van der Waals surface area contributed by atoms with Crippen molar-refractivity contribution in [3.05, 3.63) is 35.4 Å². The van der Waals surface area contributed by atoms with E-state index < -0.39 is 0 Å². The number of rotatable bonds is 7.